The molecule has 0 amide bonds. The van der Waals surface area contributed by atoms with Gasteiger partial charge in [-0.1, -0.05) is 13.0 Å². The molecule has 1 unspecified atom stereocenters. The summed E-state index contributed by atoms with van der Waals surface area (Å²) in [5.41, 5.74) is 0.952. The van der Waals surface area contributed by atoms with E-state index in [0.29, 0.717) is 6.42 Å². The van der Waals surface area contributed by atoms with Crippen LogP contribution in [0.3, 0.4) is 0 Å². The Labute approximate surface area is 106 Å². The smallest absolute Gasteiger partial charge is 0.310 e. The van der Waals surface area contributed by atoms with Crippen molar-refractivity contribution in [2.24, 2.45) is 0 Å². The van der Waals surface area contributed by atoms with E-state index >= 15 is 0 Å². The first kappa shape index (κ1) is 15.0. The van der Waals surface area contributed by atoms with Gasteiger partial charge >= 0.3 is 6.18 Å². The highest BCUT2D eigenvalue weighted by Gasteiger charge is 2.26. The predicted molar refractivity (Wildman–Crippen MR) is 65.2 cm³/mol. The molecule has 1 heterocycles. The lowest BCUT2D eigenvalue weighted by Gasteiger charge is -2.19. The van der Waals surface area contributed by atoms with E-state index in [2.05, 4.69) is 10.3 Å². The molecule has 0 spiro atoms. The van der Waals surface area contributed by atoms with Crippen LogP contribution in [0.5, 0.6) is 0 Å². The molecule has 0 saturated carbocycles. The molecule has 0 aliphatic carbocycles. The van der Waals surface area contributed by atoms with E-state index in [4.69, 9.17) is 0 Å². The van der Waals surface area contributed by atoms with Gasteiger partial charge in [-0.3, -0.25) is 4.98 Å². The monoisotopic (exact) mass is 260 g/mol. The lowest BCUT2D eigenvalue weighted by atomic mass is 10.0. The minimum absolute atomic E-state index is 0.0407. The standard InChI is InChI=1S/C13H19F3N2/c1-2-8-18-12(6-3-7-13(14,15)16)11-5-4-9-17-10-11/h4-5,9-10,12,18H,2-3,6-8H2,1H3. The lowest BCUT2D eigenvalue weighted by Crippen LogP contribution is -2.22. The van der Waals surface area contributed by atoms with Gasteiger partial charge in [0.2, 0.25) is 0 Å². The van der Waals surface area contributed by atoms with Gasteiger partial charge in [-0.05, 0) is 37.4 Å². The number of hydrogen-bond acceptors (Lipinski definition) is 2. The van der Waals surface area contributed by atoms with Crippen LogP contribution >= 0.6 is 0 Å². The Balaban J connectivity index is 2.51. The van der Waals surface area contributed by atoms with Gasteiger partial charge in [0.25, 0.3) is 0 Å². The van der Waals surface area contributed by atoms with Crippen LogP contribution in [-0.2, 0) is 0 Å². The molecule has 1 atom stereocenters. The number of pyridine rings is 1. The fourth-order valence-corrected chi connectivity index (χ4v) is 1.79. The summed E-state index contributed by atoms with van der Waals surface area (Å²) in [6.07, 6.45) is 0.153. The molecule has 0 aliphatic rings. The first-order chi connectivity index (χ1) is 8.53. The summed E-state index contributed by atoms with van der Waals surface area (Å²) in [5, 5.41) is 3.26. The van der Waals surface area contributed by atoms with Crippen LogP contribution in [0.15, 0.2) is 24.5 Å². The Morgan fingerprint density at radius 2 is 2.17 bits per heavy atom. The minimum atomic E-state index is -4.07. The highest BCUT2D eigenvalue weighted by Crippen LogP contribution is 2.26. The van der Waals surface area contributed by atoms with Crippen LogP contribution in [0.2, 0.25) is 0 Å². The molecule has 5 heteroatoms. The average molecular weight is 260 g/mol. The third-order valence-corrected chi connectivity index (χ3v) is 2.68. The fraction of sp³-hybridized carbons (Fsp3) is 0.615. The average Bonchev–Trinajstić information content (AvgIpc) is 2.33. The van der Waals surface area contributed by atoms with Crippen LogP contribution in [-0.4, -0.2) is 17.7 Å². The zero-order valence-electron chi connectivity index (χ0n) is 10.5. The molecule has 1 aromatic heterocycles. The molecule has 2 nitrogen and oxygen atoms in total. The normalized spacial score (nSPS) is 13.6. The first-order valence-electron chi connectivity index (χ1n) is 6.23. The van der Waals surface area contributed by atoms with Crippen LogP contribution in [0, 0.1) is 0 Å². The number of aromatic nitrogens is 1. The van der Waals surface area contributed by atoms with Crippen molar-refractivity contribution in [3.8, 4) is 0 Å². The van der Waals surface area contributed by atoms with Gasteiger partial charge in [0.05, 0.1) is 0 Å². The van der Waals surface area contributed by atoms with E-state index in [1.807, 2.05) is 13.0 Å². The molecule has 1 aromatic rings. The van der Waals surface area contributed by atoms with Gasteiger partial charge in [-0.2, -0.15) is 13.2 Å². The van der Waals surface area contributed by atoms with Crippen molar-refractivity contribution >= 4 is 0 Å². The molecular weight excluding hydrogens is 241 g/mol. The van der Waals surface area contributed by atoms with Crippen molar-refractivity contribution in [2.75, 3.05) is 6.54 Å². The SMILES string of the molecule is CCCNC(CCCC(F)(F)F)c1cccnc1. The maximum absolute atomic E-state index is 12.1. The van der Waals surface area contributed by atoms with Gasteiger partial charge in [-0.25, -0.2) is 0 Å². The van der Waals surface area contributed by atoms with Crippen molar-refractivity contribution in [3.63, 3.8) is 0 Å². The second-order valence-electron chi connectivity index (χ2n) is 4.30. The summed E-state index contributed by atoms with van der Waals surface area (Å²) in [7, 11) is 0. The third-order valence-electron chi connectivity index (χ3n) is 2.68. The van der Waals surface area contributed by atoms with Gasteiger partial charge in [-0.15, -0.1) is 0 Å². The number of halogens is 3. The number of rotatable bonds is 7. The summed E-state index contributed by atoms with van der Waals surface area (Å²) in [6, 6.07) is 3.66. The molecule has 0 fully saturated rings. The molecule has 0 bridgehead atoms. The van der Waals surface area contributed by atoms with E-state index in [0.717, 1.165) is 18.5 Å². The number of hydrogen-bond donors (Lipinski definition) is 1. The van der Waals surface area contributed by atoms with E-state index in [9.17, 15) is 13.2 Å². The zero-order valence-corrected chi connectivity index (χ0v) is 10.5. The Kier molecular flexibility index (Phi) is 6.12. The molecule has 0 aliphatic heterocycles. The van der Waals surface area contributed by atoms with Crippen molar-refractivity contribution in [3.05, 3.63) is 30.1 Å². The molecule has 102 valence electrons. The zero-order chi connectivity index (χ0) is 13.4. The summed E-state index contributed by atoms with van der Waals surface area (Å²) >= 11 is 0. The third kappa shape index (κ3) is 6.00. The van der Waals surface area contributed by atoms with Crippen LogP contribution in [0.4, 0.5) is 13.2 Å². The lowest BCUT2D eigenvalue weighted by molar-refractivity contribution is -0.135. The summed E-state index contributed by atoms with van der Waals surface area (Å²) < 4.78 is 36.4. The van der Waals surface area contributed by atoms with Gasteiger partial charge in [0, 0.05) is 24.9 Å². The molecule has 0 aromatic carbocycles. The molecule has 0 radical (unpaired) electrons. The maximum Gasteiger partial charge on any atom is 0.389 e. The maximum atomic E-state index is 12.1. The topological polar surface area (TPSA) is 24.9 Å². The summed E-state index contributed by atoms with van der Waals surface area (Å²) in [4.78, 5) is 4.01. The Hall–Kier alpha value is -1.10. The van der Waals surface area contributed by atoms with Gasteiger partial charge < -0.3 is 5.32 Å². The number of nitrogens with one attached hydrogen (secondary N) is 1. The van der Waals surface area contributed by atoms with E-state index in [-0.39, 0.29) is 12.5 Å². The van der Waals surface area contributed by atoms with Gasteiger partial charge in [0.1, 0.15) is 0 Å². The highest BCUT2D eigenvalue weighted by atomic mass is 19.4. The van der Waals surface area contributed by atoms with Crippen LogP contribution in [0.25, 0.3) is 0 Å². The predicted octanol–water partition coefficient (Wildman–Crippen LogP) is 3.85. The van der Waals surface area contributed by atoms with E-state index in [1.54, 1.807) is 18.5 Å². The fourth-order valence-electron chi connectivity index (χ4n) is 1.79. The second-order valence-corrected chi connectivity index (χ2v) is 4.30. The first-order valence-corrected chi connectivity index (χ1v) is 6.23. The summed E-state index contributed by atoms with van der Waals surface area (Å²) in [5.74, 6) is 0. The molecule has 18 heavy (non-hydrogen) atoms. The van der Waals surface area contributed by atoms with Crippen molar-refractivity contribution in [2.45, 2.75) is 44.8 Å². The Morgan fingerprint density at radius 3 is 2.72 bits per heavy atom. The largest absolute Gasteiger partial charge is 0.389 e. The number of nitrogens with zero attached hydrogens (tertiary/aromatic N) is 1. The Bertz CT molecular complexity index is 325. The van der Waals surface area contributed by atoms with Crippen LogP contribution in [0.1, 0.15) is 44.2 Å². The quantitative estimate of drug-likeness (QED) is 0.805. The van der Waals surface area contributed by atoms with Gasteiger partial charge in [0.15, 0.2) is 0 Å². The van der Waals surface area contributed by atoms with Crippen molar-refractivity contribution < 1.29 is 13.2 Å². The second kappa shape index (κ2) is 7.36. The summed E-state index contributed by atoms with van der Waals surface area (Å²) in [6.45, 7) is 2.83. The van der Waals surface area contributed by atoms with E-state index in [1.165, 1.54) is 0 Å². The molecular formula is C13H19F3N2. The van der Waals surface area contributed by atoms with Crippen molar-refractivity contribution in [1.29, 1.82) is 0 Å². The van der Waals surface area contributed by atoms with Crippen molar-refractivity contribution in [1.82, 2.24) is 10.3 Å². The number of alkyl halides is 3. The molecule has 1 rings (SSSR count). The highest BCUT2D eigenvalue weighted by molar-refractivity contribution is 5.13. The minimum Gasteiger partial charge on any atom is -0.310 e. The van der Waals surface area contributed by atoms with Crippen LogP contribution < -0.4 is 5.32 Å². The van der Waals surface area contributed by atoms with E-state index < -0.39 is 12.6 Å². The Morgan fingerprint density at radius 1 is 1.39 bits per heavy atom. The molecule has 0 saturated heterocycles. The molecule has 1 N–H and O–H groups in total.